The second-order valence-electron chi connectivity index (χ2n) is 5.26. The number of benzene rings is 2. The number of carbonyl (C=O) groups excluding carboxylic acids is 2. The van der Waals surface area contributed by atoms with Gasteiger partial charge in [-0.15, -0.1) is 0 Å². The van der Waals surface area contributed by atoms with Gasteiger partial charge in [0, 0.05) is 21.7 Å². The number of nitro benzene ring substituents is 1. The highest BCUT2D eigenvalue weighted by Crippen LogP contribution is 2.27. The first-order valence-corrected chi connectivity index (χ1v) is 8.27. The summed E-state index contributed by atoms with van der Waals surface area (Å²) in [5.41, 5.74) is 0.0775. The molecule has 0 saturated carbocycles. The van der Waals surface area contributed by atoms with Crippen molar-refractivity contribution in [2.75, 3.05) is 19.0 Å². The minimum atomic E-state index is -0.744. The van der Waals surface area contributed by atoms with E-state index in [4.69, 9.17) is 32.7 Å². The average molecular weight is 413 g/mol. The molecule has 2 aromatic rings. The number of hydrogen-bond donors (Lipinski definition) is 1. The first-order valence-electron chi connectivity index (χ1n) is 7.52. The third-order valence-corrected chi connectivity index (χ3v) is 3.84. The Hall–Kier alpha value is -2.84. The third kappa shape index (κ3) is 5.83. The molecule has 27 heavy (non-hydrogen) atoms. The van der Waals surface area contributed by atoms with Crippen molar-refractivity contribution >= 4 is 46.5 Å². The van der Waals surface area contributed by atoms with E-state index in [0.717, 1.165) is 6.07 Å². The Morgan fingerprint density at radius 3 is 2.48 bits per heavy atom. The quantitative estimate of drug-likeness (QED) is 0.422. The predicted molar refractivity (Wildman–Crippen MR) is 99.4 cm³/mol. The summed E-state index contributed by atoms with van der Waals surface area (Å²) in [6.45, 7) is -0.620. The number of nitrogens with zero attached hydrogens (tertiary/aromatic N) is 1. The third-order valence-electron chi connectivity index (χ3n) is 3.37. The van der Waals surface area contributed by atoms with E-state index in [-0.39, 0.29) is 22.8 Å². The molecule has 0 aliphatic heterocycles. The molecular formula is C17H14Cl2N2O6. The molecule has 0 aliphatic carbocycles. The molecule has 1 N–H and O–H groups in total. The lowest BCUT2D eigenvalue weighted by molar-refractivity contribution is -0.383. The summed E-state index contributed by atoms with van der Waals surface area (Å²) in [6.07, 6.45) is -0.158. The Balaban J connectivity index is 1.96. The standard InChI is InChI=1S/C17H14Cl2N2O6/c1-26-15-5-3-11(18)6-10(15)7-17(23)27-9-16(22)20-13-8-12(19)2-4-14(13)21(24)25/h2-6,8H,7,9H2,1H3,(H,20,22). The Kier molecular flexibility index (Phi) is 6.98. The molecule has 10 heteroatoms. The number of nitro groups is 1. The van der Waals surface area contributed by atoms with Crippen LogP contribution in [0.4, 0.5) is 11.4 Å². The minimum absolute atomic E-state index is 0.0925. The summed E-state index contributed by atoms with van der Waals surface area (Å²) in [6, 6.07) is 8.49. The summed E-state index contributed by atoms with van der Waals surface area (Å²) in [4.78, 5) is 34.2. The molecule has 0 spiro atoms. The van der Waals surface area contributed by atoms with Crippen LogP contribution in [0.15, 0.2) is 36.4 Å². The zero-order valence-corrected chi connectivity index (χ0v) is 15.5. The van der Waals surface area contributed by atoms with Gasteiger partial charge >= 0.3 is 5.97 Å². The fourth-order valence-electron chi connectivity index (χ4n) is 2.19. The molecule has 0 fully saturated rings. The van der Waals surface area contributed by atoms with Crippen LogP contribution in [0.1, 0.15) is 5.56 Å². The lowest BCUT2D eigenvalue weighted by atomic mass is 10.1. The number of halogens is 2. The fourth-order valence-corrected chi connectivity index (χ4v) is 2.56. The molecule has 2 aromatic carbocycles. The summed E-state index contributed by atoms with van der Waals surface area (Å²) in [5, 5.41) is 13.9. The molecule has 0 atom stereocenters. The topological polar surface area (TPSA) is 108 Å². The van der Waals surface area contributed by atoms with Crippen molar-refractivity contribution in [2.45, 2.75) is 6.42 Å². The predicted octanol–water partition coefficient (Wildman–Crippen LogP) is 3.63. The number of hydrogen-bond acceptors (Lipinski definition) is 6. The van der Waals surface area contributed by atoms with Crippen LogP contribution in [-0.4, -0.2) is 30.5 Å². The number of methoxy groups -OCH3 is 1. The molecule has 0 bridgehead atoms. The molecule has 0 aliphatic rings. The van der Waals surface area contributed by atoms with Crippen molar-refractivity contribution in [3.63, 3.8) is 0 Å². The van der Waals surface area contributed by atoms with Gasteiger partial charge in [-0.1, -0.05) is 23.2 Å². The molecule has 8 nitrogen and oxygen atoms in total. The van der Waals surface area contributed by atoms with Crippen LogP contribution in [0.2, 0.25) is 10.0 Å². The van der Waals surface area contributed by atoms with Crippen LogP contribution < -0.4 is 10.1 Å². The Morgan fingerprint density at radius 2 is 1.81 bits per heavy atom. The molecule has 2 rings (SSSR count). The van der Waals surface area contributed by atoms with Crippen molar-refractivity contribution in [2.24, 2.45) is 0 Å². The van der Waals surface area contributed by atoms with Crippen LogP contribution in [-0.2, 0) is 20.7 Å². The van der Waals surface area contributed by atoms with E-state index >= 15 is 0 Å². The molecule has 0 radical (unpaired) electrons. The van der Waals surface area contributed by atoms with Gasteiger partial charge in [-0.05, 0) is 30.3 Å². The fraction of sp³-hybridized carbons (Fsp3) is 0.176. The SMILES string of the molecule is COc1ccc(Cl)cc1CC(=O)OCC(=O)Nc1cc(Cl)ccc1[N+](=O)[O-]. The molecule has 142 valence electrons. The maximum absolute atomic E-state index is 11.9. The summed E-state index contributed by atoms with van der Waals surface area (Å²) in [7, 11) is 1.45. The lowest BCUT2D eigenvalue weighted by Crippen LogP contribution is -2.22. The smallest absolute Gasteiger partial charge is 0.310 e. The summed E-state index contributed by atoms with van der Waals surface area (Å²) in [5.74, 6) is -0.978. The van der Waals surface area contributed by atoms with Gasteiger partial charge in [0.25, 0.3) is 11.6 Å². The van der Waals surface area contributed by atoms with Crippen molar-refractivity contribution in [3.8, 4) is 5.75 Å². The lowest BCUT2D eigenvalue weighted by Gasteiger charge is -2.10. The number of ether oxygens (including phenoxy) is 2. The highest BCUT2D eigenvalue weighted by Gasteiger charge is 2.18. The van der Waals surface area contributed by atoms with E-state index in [2.05, 4.69) is 5.32 Å². The van der Waals surface area contributed by atoms with Gasteiger partial charge in [-0.3, -0.25) is 19.7 Å². The largest absolute Gasteiger partial charge is 0.496 e. The van der Waals surface area contributed by atoms with Crippen molar-refractivity contribution in [1.29, 1.82) is 0 Å². The normalized spacial score (nSPS) is 10.2. The van der Waals surface area contributed by atoms with E-state index < -0.39 is 23.4 Å². The van der Waals surface area contributed by atoms with Gasteiger partial charge in [-0.2, -0.15) is 0 Å². The van der Waals surface area contributed by atoms with Crippen LogP contribution in [0.25, 0.3) is 0 Å². The zero-order valence-electron chi connectivity index (χ0n) is 14.0. The average Bonchev–Trinajstić information content (AvgIpc) is 2.60. The second-order valence-corrected chi connectivity index (χ2v) is 6.13. The number of rotatable bonds is 7. The molecular weight excluding hydrogens is 399 g/mol. The van der Waals surface area contributed by atoms with Crippen molar-refractivity contribution in [3.05, 3.63) is 62.1 Å². The van der Waals surface area contributed by atoms with Gasteiger partial charge in [0.15, 0.2) is 6.61 Å². The van der Waals surface area contributed by atoms with Crippen LogP contribution in [0, 0.1) is 10.1 Å². The number of amides is 1. The number of nitrogens with one attached hydrogen (secondary N) is 1. The monoisotopic (exact) mass is 412 g/mol. The van der Waals surface area contributed by atoms with Gasteiger partial charge < -0.3 is 14.8 Å². The summed E-state index contributed by atoms with van der Waals surface area (Å²) >= 11 is 11.7. The molecule has 0 heterocycles. The van der Waals surface area contributed by atoms with Gasteiger partial charge in [0.05, 0.1) is 18.5 Å². The van der Waals surface area contributed by atoms with Crippen molar-refractivity contribution < 1.29 is 24.0 Å². The molecule has 1 amide bonds. The Labute approximate surface area is 164 Å². The van der Waals surface area contributed by atoms with Crippen LogP contribution in [0.3, 0.4) is 0 Å². The highest BCUT2D eigenvalue weighted by molar-refractivity contribution is 6.31. The van der Waals surface area contributed by atoms with E-state index in [1.165, 1.54) is 19.2 Å². The van der Waals surface area contributed by atoms with Crippen molar-refractivity contribution in [1.82, 2.24) is 0 Å². The van der Waals surface area contributed by atoms with E-state index in [0.29, 0.717) is 16.3 Å². The Morgan fingerprint density at radius 1 is 1.15 bits per heavy atom. The molecule has 0 saturated heterocycles. The van der Waals surface area contributed by atoms with Gasteiger partial charge in [0.2, 0.25) is 0 Å². The maximum atomic E-state index is 11.9. The van der Waals surface area contributed by atoms with Gasteiger partial charge in [-0.25, -0.2) is 0 Å². The zero-order chi connectivity index (χ0) is 20.0. The highest BCUT2D eigenvalue weighted by atomic mass is 35.5. The van der Waals surface area contributed by atoms with E-state index in [1.807, 2.05) is 0 Å². The van der Waals surface area contributed by atoms with Gasteiger partial charge in [0.1, 0.15) is 11.4 Å². The number of carbonyl (C=O) groups is 2. The summed E-state index contributed by atoms with van der Waals surface area (Å²) < 4.78 is 10.0. The second kappa shape index (κ2) is 9.20. The first-order chi connectivity index (χ1) is 12.8. The van der Waals surface area contributed by atoms with E-state index in [9.17, 15) is 19.7 Å². The Bertz CT molecular complexity index is 888. The number of esters is 1. The molecule has 0 aromatic heterocycles. The van der Waals surface area contributed by atoms with E-state index in [1.54, 1.807) is 18.2 Å². The number of anilines is 1. The minimum Gasteiger partial charge on any atom is -0.496 e. The molecule has 0 unspecified atom stereocenters. The van der Waals surface area contributed by atoms with Crippen LogP contribution in [0.5, 0.6) is 5.75 Å². The first kappa shape index (κ1) is 20.5. The maximum Gasteiger partial charge on any atom is 0.310 e. The van der Waals surface area contributed by atoms with Crippen LogP contribution >= 0.6 is 23.2 Å².